The van der Waals surface area contributed by atoms with Crippen molar-refractivity contribution in [2.24, 2.45) is 7.05 Å². The number of anilines is 1. The van der Waals surface area contributed by atoms with Crippen LogP contribution >= 0.6 is 0 Å². The molecule has 7 heteroatoms. The first-order valence-corrected chi connectivity index (χ1v) is 6.04. The molecule has 0 atom stereocenters. The van der Waals surface area contributed by atoms with Crippen LogP contribution in [0.2, 0.25) is 0 Å². The number of rotatable bonds is 3. The van der Waals surface area contributed by atoms with Crippen molar-refractivity contribution < 1.29 is 4.74 Å². The number of aryl methyl sites for hydroxylation is 1. The Balaban J connectivity index is 2.28. The first-order chi connectivity index (χ1) is 9.72. The number of nitrogens with two attached hydrogens (primary N) is 1. The molecule has 0 radical (unpaired) electrons. The van der Waals surface area contributed by atoms with E-state index in [4.69, 9.17) is 10.5 Å². The SMILES string of the molecule is COc1ccccc1-c1c(-c2cn[nH]n2)nn(C)c1N. The molecule has 0 aliphatic carbocycles. The van der Waals surface area contributed by atoms with Crippen LogP contribution in [0.4, 0.5) is 5.82 Å². The van der Waals surface area contributed by atoms with Crippen LogP contribution in [-0.2, 0) is 7.05 Å². The molecule has 0 aliphatic rings. The van der Waals surface area contributed by atoms with Gasteiger partial charge in [-0.2, -0.15) is 20.5 Å². The van der Waals surface area contributed by atoms with E-state index in [-0.39, 0.29) is 0 Å². The summed E-state index contributed by atoms with van der Waals surface area (Å²) in [6.45, 7) is 0. The lowest BCUT2D eigenvalue weighted by atomic mass is 10.0. The molecule has 2 heterocycles. The van der Waals surface area contributed by atoms with Crippen molar-refractivity contribution in [1.29, 1.82) is 0 Å². The molecule has 0 aliphatic heterocycles. The second kappa shape index (κ2) is 4.69. The number of aromatic nitrogens is 5. The number of hydrogen-bond donors (Lipinski definition) is 2. The van der Waals surface area contributed by atoms with E-state index in [2.05, 4.69) is 20.5 Å². The summed E-state index contributed by atoms with van der Waals surface area (Å²) in [7, 11) is 3.42. The zero-order valence-electron chi connectivity index (χ0n) is 11.2. The first kappa shape index (κ1) is 12.2. The maximum atomic E-state index is 6.15. The Morgan fingerprint density at radius 3 is 2.80 bits per heavy atom. The van der Waals surface area contributed by atoms with Crippen molar-refractivity contribution in [3.63, 3.8) is 0 Å². The Hall–Kier alpha value is -2.83. The van der Waals surface area contributed by atoms with Gasteiger partial charge < -0.3 is 10.5 Å². The zero-order valence-corrected chi connectivity index (χ0v) is 11.2. The lowest BCUT2D eigenvalue weighted by Gasteiger charge is -2.08. The highest BCUT2D eigenvalue weighted by atomic mass is 16.5. The van der Waals surface area contributed by atoms with E-state index in [1.807, 2.05) is 24.3 Å². The molecular weight excluding hydrogens is 256 g/mol. The highest BCUT2D eigenvalue weighted by Gasteiger charge is 2.21. The summed E-state index contributed by atoms with van der Waals surface area (Å²) in [5.74, 6) is 1.28. The number of nitrogens with one attached hydrogen (secondary N) is 1. The standard InChI is InChI=1S/C13H14N6O/c1-19-13(14)11(8-5-3-4-6-10(8)20-2)12(17-19)9-7-15-18-16-9/h3-7H,14H2,1-2H3,(H,15,16,18). The third-order valence-corrected chi connectivity index (χ3v) is 3.13. The molecule has 7 nitrogen and oxygen atoms in total. The third-order valence-electron chi connectivity index (χ3n) is 3.13. The van der Waals surface area contributed by atoms with Gasteiger partial charge in [0.05, 0.1) is 18.9 Å². The van der Waals surface area contributed by atoms with Crippen LogP contribution in [0.25, 0.3) is 22.5 Å². The van der Waals surface area contributed by atoms with Crippen LogP contribution in [0, 0.1) is 0 Å². The predicted molar refractivity (Wildman–Crippen MR) is 75.0 cm³/mol. The van der Waals surface area contributed by atoms with E-state index in [1.54, 1.807) is 25.0 Å². The molecule has 0 amide bonds. The Kier molecular flexibility index (Phi) is 2.86. The van der Waals surface area contributed by atoms with Crippen LogP contribution < -0.4 is 10.5 Å². The molecule has 3 rings (SSSR count). The Morgan fingerprint density at radius 2 is 2.10 bits per heavy atom. The molecule has 0 spiro atoms. The number of para-hydroxylation sites is 1. The molecular formula is C13H14N6O. The summed E-state index contributed by atoms with van der Waals surface area (Å²) < 4.78 is 7.02. The van der Waals surface area contributed by atoms with Gasteiger partial charge in [0.25, 0.3) is 0 Å². The minimum Gasteiger partial charge on any atom is -0.496 e. The van der Waals surface area contributed by atoms with Gasteiger partial charge in [-0.1, -0.05) is 18.2 Å². The quantitative estimate of drug-likeness (QED) is 0.751. The number of ether oxygens (including phenoxy) is 1. The first-order valence-electron chi connectivity index (χ1n) is 6.04. The Bertz CT molecular complexity index is 731. The van der Waals surface area contributed by atoms with Crippen molar-refractivity contribution in [2.75, 3.05) is 12.8 Å². The van der Waals surface area contributed by atoms with Crippen LogP contribution in [0.5, 0.6) is 5.75 Å². The normalized spacial score (nSPS) is 10.7. The minimum atomic E-state index is 0.549. The van der Waals surface area contributed by atoms with Gasteiger partial charge in [0, 0.05) is 12.6 Å². The lowest BCUT2D eigenvalue weighted by molar-refractivity contribution is 0.416. The van der Waals surface area contributed by atoms with Gasteiger partial charge in [0.15, 0.2) is 0 Å². The second-order valence-electron chi connectivity index (χ2n) is 4.29. The number of methoxy groups -OCH3 is 1. The molecule has 0 bridgehead atoms. The lowest BCUT2D eigenvalue weighted by Crippen LogP contribution is -1.98. The smallest absolute Gasteiger partial charge is 0.133 e. The highest BCUT2D eigenvalue weighted by Crippen LogP contribution is 2.39. The van der Waals surface area contributed by atoms with Gasteiger partial charge in [0.1, 0.15) is 23.0 Å². The summed E-state index contributed by atoms with van der Waals surface area (Å²) in [5, 5.41) is 14.9. The molecule has 3 aromatic rings. The van der Waals surface area contributed by atoms with Gasteiger partial charge in [-0.05, 0) is 6.07 Å². The molecule has 0 fully saturated rings. The zero-order chi connectivity index (χ0) is 14.1. The number of aromatic amines is 1. The number of nitrogens with zero attached hydrogens (tertiary/aromatic N) is 4. The summed E-state index contributed by atoms with van der Waals surface area (Å²) in [5.41, 5.74) is 9.12. The van der Waals surface area contributed by atoms with Gasteiger partial charge in [-0.25, -0.2) is 0 Å². The molecule has 1 aromatic carbocycles. The number of benzene rings is 1. The van der Waals surface area contributed by atoms with Crippen LogP contribution in [0.3, 0.4) is 0 Å². The summed E-state index contributed by atoms with van der Waals surface area (Å²) in [6, 6.07) is 7.66. The maximum absolute atomic E-state index is 6.15. The summed E-state index contributed by atoms with van der Waals surface area (Å²) in [6.07, 6.45) is 1.61. The van der Waals surface area contributed by atoms with Gasteiger partial charge in [-0.3, -0.25) is 4.68 Å². The monoisotopic (exact) mass is 270 g/mol. The summed E-state index contributed by atoms with van der Waals surface area (Å²) >= 11 is 0. The van der Waals surface area contributed by atoms with E-state index >= 15 is 0 Å². The minimum absolute atomic E-state index is 0.549. The summed E-state index contributed by atoms with van der Waals surface area (Å²) in [4.78, 5) is 0. The van der Waals surface area contributed by atoms with E-state index < -0.39 is 0 Å². The fourth-order valence-electron chi connectivity index (χ4n) is 2.15. The number of hydrogen-bond acceptors (Lipinski definition) is 5. The number of H-pyrrole nitrogens is 1. The van der Waals surface area contributed by atoms with Crippen LogP contribution in [-0.4, -0.2) is 32.3 Å². The molecule has 0 unspecified atom stereocenters. The van der Waals surface area contributed by atoms with Gasteiger partial charge in [-0.15, -0.1) is 0 Å². The van der Waals surface area contributed by atoms with Gasteiger partial charge in [0.2, 0.25) is 0 Å². The van der Waals surface area contributed by atoms with Gasteiger partial charge >= 0.3 is 0 Å². The molecule has 102 valence electrons. The Labute approximate surface area is 115 Å². The van der Waals surface area contributed by atoms with Crippen molar-refractivity contribution in [3.05, 3.63) is 30.5 Å². The van der Waals surface area contributed by atoms with Crippen molar-refractivity contribution in [1.82, 2.24) is 25.2 Å². The van der Waals surface area contributed by atoms with Crippen LogP contribution in [0.15, 0.2) is 30.5 Å². The molecule has 0 saturated carbocycles. The fraction of sp³-hybridized carbons (Fsp3) is 0.154. The van der Waals surface area contributed by atoms with Crippen molar-refractivity contribution in [2.45, 2.75) is 0 Å². The van der Waals surface area contributed by atoms with E-state index in [1.165, 1.54) is 0 Å². The predicted octanol–water partition coefficient (Wildman–Crippen LogP) is 1.46. The van der Waals surface area contributed by atoms with E-state index in [9.17, 15) is 0 Å². The molecule has 2 aromatic heterocycles. The number of nitrogen functional groups attached to an aromatic ring is 1. The van der Waals surface area contributed by atoms with E-state index in [0.29, 0.717) is 17.2 Å². The molecule has 0 saturated heterocycles. The van der Waals surface area contributed by atoms with Crippen molar-refractivity contribution in [3.8, 4) is 28.3 Å². The third kappa shape index (κ3) is 1.80. The average molecular weight is 270 g/mol. The molecule has 20 heavy (non-hydrogen) atoms. The Morgan fingerprint density at radius 1 is 1.30 bits per heavy atom. The highest BCUT2D eigenvalue weighted by molar-refractivity contribution is 5.89. The molecule has 3 N–H and O–H groups in total. The van der Waals surface area contributed by atoms with Crippen molar-refractivity contribution >= 4 is 5.82 Å². The van der Waals surface area contributed by atoms with E-state index in [0.717, 1.165) is 16.9 Å². The largest absolute Gasteiger partial charge is 0.496 e. The second-order valence-corrected chi connectivity index (χ2v) is 4.29. The average Bonchev–Trinajstić information content (AvgIpc) is 3.08. The maximum Gasteiger partial charge on any atom is 0.133 e. The fourth-order valence-corrected chi connectivity index (χ4v) is 2.15. The van der Waals surface area contributed by atoms with Crippen LogP contribution in [0.1, 0.15) is 0 Å². The topological polar surface area (TPSA) is 94.6 Å².